The molecule has 0 nitrogen and oxygen atoms in total. The van der Waals surface area contributed by atoms with Gasteiger partial charge in [-0.2, -0.15) is 0 Å². The van der Waals surface area contributed by atoms with Gasteiger partial charge in [-0.05, 0) is 0 Å². The van der Waals surface area contributed by atoms with Crippen LogP contribution in [0.5, 0.6) is 0 Å². The van der Waals surface area contributed by atoms with Crippen molar-refractivity contribution >= 4 is 33.7 Å². The summed E-state index contributed by atoms with van der Waals surface area (Å²) >= 11 is -2.66. The number of halogens is 2. The first-order valence-electron chi connectivity index (χ1n) is 13.2. The van der Waals surface area contributed by atoms with Crippen LogP contribution in [0, 0.1) is 0 Å². The van der Waals surface area contributed by atoms with Crippen LogP contribution in [0.1, 0.15) is 62.6 Å². The molecule has 2 aliphatic carbocycles. The molecule has 1 saturated heterocycles. The van der Waals surface area contributed by atoms with E-state index in [4.69, 9.17) is 0 Å². The molecule has 0 N–H and O–H groups in total. The summed E-state index contributed by atoms with van der Waals surface area (Å²) in [5.74, 6) is 0. The monoisotopic (exact) mass is 588 g/mol. The second kappa shape index (κ2) is 9.90. The van der Waals surface area contributed by atoms with E-state index in [9.17, 15) is 0 Å². The summed E-state index contributed by atoms with van der Waals surface area (Å²) in [6.07, 6.45) is 9.06. The molecule has 0 aromatic heterocycles. The molecule has 0 amide bonds. The zero-order valence-corrected chi connectivity index (χ0v) is 25.0. The van der Waals surface area contributed by atoms with E-state index in [0.29, 0.717) is 0 Å². The van der Waals surface area contributed by atoms with Crippen molar-refractivity contribution in [3.05, 3.63) is 106 Å². The van der Waals surface area contributed by atoms with Crippen LogP contribution >= 0.6 is 0 Å². The minimum atomic E-state index is -2.66. The van der Waals surface area contributed by atoms with Crippen LogP contribution in [0.15, 0.2) is 83.9 Å². The van der Waals surface area contributed by atoms with Gasteiger partial charge >= 0.3 is 209 Å². The third kappa shape index (κ3) is 3.57. The Labute approximate surface area is 232 Å². The number of benzene rings is 4. The van der Waals surface area contributed by atoms with Crippen molar-refractivity contribution in [3.8, 4) is 0 Å². The third-order valence-electron chi connectivity index (χ3n) is 9.28. The van der Waals surface area contributed by atoms with Gasteiger partial charge in [-0.25, -0.2) is 0 Å². The summed E-state index contributed by atoms with van der Waals surface area (Å²) in [5.41, 5.74) is 9.92. The van der Waals surface area contributed by atoms with E-state index in [1.165, 1.54) is 49.1 Å². The fraction of sp³-hybridized carbons (Fsp3) is 0.273. The molecule has 4 aromatic carbocycles. The molecule has 7 rings (SSSR count). The van der Waals surface area contributed by atoms with Crippen molar-refractivity contribution in [1.82, 2.24) is 0 Å². The van der Waals surface area contributed by atoms with Gasteiger partial charge < -0.3 is 24.8 Å². The maximum absolute atomic E-state index is 2.66. The number of hydrogen-bond acceptors (Lipinski definition) is 0. The van der Waals surface area contributed by atoms with E-state index in [1.54, 1.807) is 33.4 Å². The van der Waals surface area contributed by atoms with Crippen LogP contribution in [0.4, 0.5) is 0 Å². The Kier molecular flexibility index (Phi) is 7.15. The molecule has 36 heavy (non-hydrogen) atoms. The third-order valence-corrected chi connectivity index (χ3v) is 24.6. The van der Waals surface area contributed by atoms with Gasteiger partial charge in [0.1, 0.15) is 0 Å². The number of fused-ring (bicyclic) bond motifs is 6. The SMILES string of the molecule is CCC1=Cc2c(ccc3ccccc23)[CH]1[Zr+2]1([CH]2C(CC)=Cc3c2ccc2ccccc32)[CH2]C[CH2]1.[Cl-].[Cl-]. The van der Waals surface area contributed by atoms with Crippen LogP contribution in [-0.2, 0) is 20.3 Å². The summed E-state index contributed by atoms with van der Waals surface area (Å²) < 4.78 is 4.56. The summed E-state index contributed by atoms with van der Waals surface area (Å²) in [7, 11) is 0. The normalized spacial score (nSPS) is 20.2. The first-order chi connectivity index (χ1) is 16.7. The first-order valence-corrected chi connectivity index (χ1v) is 19.5. The molecular weight excluding hydrogens is 558 g/mol. The largest absolute Gasteiger partial charge is 1.00 e. The molecule has 4 aromatic rings. The summed E-state index contributed by atoms with van der Waals surface area (Å²) in [4.78, 5) is 0. The maximum atomic E-state index is 2.62. The van der Waals surface area contributed by atoms with Crippen molar-refractivity contribution in [2.75, 3.05) is 0 Å². The Morgan fingerprint density at radius 3 is 1.44 bits per heavy atom. The van der Waals surface area contributed by atoms with E-state index in [-0.39, 0.29) is 24.8 Å². The first kappa shape index (κ1) is 26.0. The average molecular weight is 591 g/mol. The van der Waals surface area contributed by atoms with Gasteiger partial charge in [0.25, 0.3) is 0 Å². The quantitative estimate of drug-likeness (QED) is 0.340. The number of rotatable bonds is 4. The zero-order valence-electron chi connectivity index (χ0n) is 21.0. The molecule has 1 heterocycles. The van der Waals surface area contributed by atoms with Gasteiger partial charge in [0, 0.05) is 0 Å². The Balaban J connectivity index is 0.00000133. The van der Waals surface area contributed by atoms with Crippen LogP contribution in [0.25, 0.3) is 33.7 Å². The van der Waals surface area contributed by atoms with Gasteiger partial charge in [0.05, 0.1) is 0 Å². The molecule has 0 spiro atoms. The van der Waals surface area contributed by atoms with Crippen LogP contribution in [0.3, 0.4) is 0 Å². The van der Waals surface area contributed by atoms with Crippen LogP contribution in [-0.4, -0.2) is 0 Å². The van der Waals surface area contributed by atoms with E-state index >= 15 is 0 Å². The van der Waals surface area contributed by atoms with Crippen molar-refractivity contribution in [2.24, 2.45) is 0 Å². The molecule has 2 unspecified atom stereocenters. The predicted octanol–water partition coefficient (Wildman–Crippen LogP) is 3.79. The summed E-state index contributed by atoms with van der Waals surface area (Å²) in [6.45, 7) is 4.80. The topological polar surface area (TPSA) is 0 Å². The second-order valence-electron chi connectivity index (χ2n) is 10.7. The zero-order chi connectivity index (χ0) is 22.9. The van der Waals surface area contributed by atoms with Gasteiger partial charge in [0.15, 0.2) is 0 Å². The van der Waals surface area contributed by atoms with Crippen molar-refractivity contribution < 1.29 is 45.1 Å². The maximum Gasteiger partial charge on any atom is -1.00 e. The van der Waals surface area contributed by atoms with Crippen LogP contribution in [0.2, 0.25) is 8.26 Å². The fourth-order valence-electron chi connectivity index (χ4n) is 7.69. The molecule has 2 atom stereocenters. The van der Waals surface area contributed by atoms with E-state index in [0.717, 1.165) is 7.25 Å². The molecule has 0 radical (unpaired) electrons. The number of allylic oxidation sites excluding steroid dienone is 2. The predicted molar refractivity (Wildman–Crippen MR) is 144 cm³/mol. The van der Waals surface area contributed by atoms with Gasteiger partial charge in [-0.1, -0.05) is 0 Å². The Hall–Kier alpha value is -1.66. The van der Waals surface area contributed by atoms with Gasteiger partial charge in [-0.3, -0.25) is 0 Å². The minimum Gasteiger partial charge on any atom is -1.00 e. The Bertz CT molecular complexity index is 1410. The van der Waals surface area contributed by atoms with Crippen molar-refractivity contribution in [2.45, 2.75) is 48.6 Å². The van der Waals surface area contributed by atoms with E-state index < -0.39 is 20.3 Å². The molecule has 0 saturated carbocycles. The van der Waals surface area contributed by atoms with Crippen molar-refractivity contribution in [3.63, 3.8) is 0 Å². The standard InChI is InChI=1S/2C15H13.C3H6.2ClH.Zr/c2*1-2-11-9-13-8-7-12-5-3-4-6-14(12)15(13)10-11;1-3-2;;;/h2*3-10H,2H2,1H3;1-3H2;2*1H;/q;;;;;+2/p-2. The van der Waals surface area contributed by atoms with Crippen LogP contribution < -0.4 is 24.8 Å². The molecule has 1 fully saturated rings. The van der Waals surface area contributed by atoms with E-state index in [1.807, 2.05) is 0 Å². The molecule has 3 aliphatic rings. The minimum absolute atomic E-state index is 0. The fourth-order valence-corrected chi connectivity index (χ4v) is 23.5. The smallest absolute Gasteiger partial charge is 1.00 e. The van der Waals surface area contributed by atoms with Crippen molar-refractivity contribution in [1.29, 1.82) is 0 Å². The molecule has 3 heteroatoms. The van der Waals surface area contributed by atoms with Gasteiger partial charge in [0.2, 0.25) is 0 Å². The molecular formula is C33H32Cl2Zr. The second-order valence-corrected chi connectivity index (χ2v) is 22.0. The average Bonchev–Trinajstić information content (AvgIpc) is 3.43. The Morgan fingerprint density at radius 1 is 0.611 bits per heavy atom. The summed E-state index contributed by atoms with van der Waals surface area (Å²) in [5, 5.41) is 5.69. The number of hydrogen-bond donors (Lipinski definition) is 0. The molecule has 0 bridgehead atoms. The van der Waals surface area contributed by atoms with E-state index in [2.05, 4.69) is 98.8 Å². The molecule has 1 aliphatic heterocycles. The van der Waals surface area contributed by atoms with Gasteiger partial charge in [-0.15, -0.1) is 0 Å². The summed E-state index contributed by atoms with van der Waals surface area (Å²) in [6, 6.07) is 27.9. The Morgan fingerprint density at radius 2 is 1.06 bits per heavy atom. The molecule has 182 valence electrons.